The van der Waals surface area contributed by atoms with E-state index < -0.39 is 0 Å². The quantitative estimate of drug-likeness (QED) is 0.684. The number of amidine groups is 1. The highest BCUT2D eigenvalue weighted by atomic mass is 32.2. The topological polar surface area (TPSA) is 31.7 Å². The zero-order chi connectivity index (χ0) is 19.8. The number of fused-ring (bicyclic) bond motifs is 1. The number of rotatable bonds is 4. The fraction of sp³-hybridized carbons (Fsp3) is 0.500. The Morgan fingerprint density at radius 1 is 1.10 bits per heavy atom. The maximum absolute atomic E-state index is 5.16. The molecular formula is C24H30N4S. The summed E-state index contributed by atoms with van der Waals surface area (Å²) in [6, 6.07) is 14.2. The lowest BCUT2D eigenvalue weighted by atomic mass is 9.91. The van der Waals surface area contributed by atoms with Crippen molar-refractivity contribution in [2.45, 2.75) is 57.7 Å². The number of aromatic nitrogens is 1. The second-order valence-corrected chi connectivity index (χ2v) is 9.41. The number of hydrogen-bond acceptors (Lipinski definition) is 5. The van der Waals surface area contributed by atoms with E-state index in [1.165, 1.54) is 54.3 Å². The van der Waals surface area contributed by atoms with E-state index in [9.17, 15) is 0 Å². The van der Waals surface area contributed by atoms with Crippen molar-refractivity contribution in [1.29, 1.82) is 0 Å². The Balaban J connectivity index is 1.52. The zero-order valence-corrected chi connectivity index (χ0v) is 18.2. The van der Waals surface area contributed by atoms with E-state index in [0.29, 0.717) is 6.04 Å². The van der Waals surface area contributed by atoms with Gasteiger partial charge < -0.3 is 9.80 Å². The molecule has 4 heterocycles. The van der Waals surface area contributed by atoms with Gasteiger partial charge in [-0.15, -0.1) is 0 Å². The van der Waals surface area contributed by atoms with Crippen molar-refractivity contribution in [3.63, 3.8) is 0 Å². The Morgan fingerprint density at radius 3 is 2.69 bits per heavy atom. The van der Waals surface area contributed by atoms with Crippen LogP contribution >= 0.6 is 11.8 Å². The molecule has 5 rings (SSSR count). The Labute approximate surface area is 178 Å². The van der Waals surface area contributed by atoms with E-state index in [2.05, 4.69) is 59.0 Å². The third kappa shape index (κ3) is 3.43. The van der Waals surface area contributed by atoms with E-state index in [1.807, 2.05) is 24.0 Å². The van der Waals surface area contributed by atoms with E-state index in [0.717, 1.165) is 17.9 Å². The van der Waals surface area contributed by atoms with Crippen LogP contribution in [0.15, 0.2) is 47.6 Å². The molecule has 1 aromatic carbocycles. The fourth-order valence-corrected chi connectivity index (χ4v) is 6.36. The number of anilines is 1. The summed E-state index contributed by atoms with van der Waals surface area (Å²) in [6.45, 7) is 6.95. The third-order valence-electron chi connectivity index (χ3n) is 6.62. The molecule has 29 heavy (non-hydrogen) atoms. The molecule has 0 unspecified atom stereocenters. The molecule has 3 aliphatic heterocycles. The van der Waals surface area contributed by atoms with Crippen LogP contribution in [-0.4, -0.2) is 39.9 Å². The van der Waals surface area contributed by atoms with Gasteiger partial charge in [-0.1, -0.05) is 30.8 Å². The molecule has 0 radical (unpaired) electrons. The highest BCUT2D eigenvalue weighted by molar-refractivity contribution is 8.14. The van der Waals surface area contributed by atoms with Crippen molar-refractivity contribution < 1.29 is 0 Å². The summed E-state index contributed by atoms with van der Waals surface area (Å²) >= 11 is 1.91. The predicted octanol–water partition coefficient (Wildman–Crippen LogP) is 5.36. The summed E-state index contributed by atoms with van der Waals surface area (Å²) in [4.78, 5) is 15.0. The average molecular weight is 407 g/mol. The molecule has 2 aromatic rings. The summed E-state index contributed by atoms with van der Waals surface area (Å²) in [5.41, 5.74) is 5.24. The molecule has 5 heteroatoms. The Morgan fingerprint density at radius 2 is 1.97 bits per heavy atom. The predicted molar refractivity (Wildman–Crippen MR) is 123 cm³/mol. The minimum Gasteiger partial charge on any atom is -0.372 e. The first-order valence-electron chi connectivity index (χ1n) is 11.0. The Kier molecular flexibility index (Phi) is 5.25. The van der Waals surface area contributed by atoms with Crippen molar-refractivity contribution in [3.05, 3.63) is 59.4 Å². The van der Waals surface area contributed by atoms with Crippen LogP contribution in [0.1, 0.15) is 61.5 Å². The highest BCUT2D eigenvalue weighted by Gasteiger charge is 2.45. The van der Waals surface area contributed by atoms with Crippen molar-refractivity contribution in [3.8, 4) is 0 Å². The lowest BCUT2D eigenvalue weighted by Gasteiger charge is -2.34. The van der Waals surface area contributed by atoms with Gasteiger partial charge in [0.05, 0.1) is 11.7 Å². The molecule has 3 aliphatic rings. The average Bonchev–Trinajstić information content (AvgIpc) is 3.34. The molecule has 0 N–H and O–H groups in total. The number of pyridine rings is 1. The molecule has 3 atom stereocenters. The Bertz CT molecular complexity index is 891. The van der Waals surface area contributed by atoms with Crippen molar-refractivity contribution in [2.24, 2.45) is 4.99 Å². The van der Waals surface area contributed by atoms with Crippen LogP contribution in [0.4, 0.5) is 5.69 Å². The van der Waals surface area contributed by atoms with Crippen molar-refractivity contribution in [2.75, 3.05) is 23.7 Å². The van der Waals surface area contributed by atoms with Crippen molar-refractivity contribution >= 4 is 22.6 Å². The first kappa shape index (κ1) is 19.0. The number of piperidine rings is 1. The number of thioether (sulfide) groups is 1. The minimum absolute atomic E-state index is 0.0765. The monoisotopic (exact) mass is 406 g/mol. The van der Waals surface area contributed by atoms with E-state index in [4.69, 9.17) is 4.99 Å². The molecule has 4 nitrogen and oxygen atoms in total. The normalized spacial score (nSPS) is 26.6. The number of aliphatic imine (C=N–C) groups is 1. The molecule has 1 aromatic heterocycles. The van der Waals surface area contributed by atoms with Crippen LogP contribution in [0.3, 0.4) is 0 Å². The van der Waals surface area contributed by atoms with Crippen LogP contribution in [0.2, 0.25) is 0 Å². The van der Waals surface area contributed by atoms with Gasteiger partial charge in [0.25, 0.3) is 0 Å². The second-order valence-electron chi connectivity index (χ2n) is 8.42. The number of hydrogen-bond donors (Lipinski definition) is 0. The standard InChI is InChI=1S/C24H30N4S/c1-3-18-16-29-24-26-22(21-9-5-6-12-25-21)23(28(18)24)20-11-10-19(15-17(20)2)27-13-7-4-8-14-27/h5-6,9-12,15,18,22-23H,3-4,7-8,13-14,16H2,1-2H3/t18-,22+,23+/m0/s1. The number of benzene rings is 1. The summed E-state index contributed by atoms with van der Waals surface area (Å²) in [6.07, 6.45) is 7.04. The van der Waals surface area contributed by atoms with Gasteiger partial charge in [-0.3, -0.25) is 9.98 Å². The maximum atomic E-state index is 5.16. The van der Waals surface area contributed by atoms with Gasteiger partial charge in [0.15, 0.2) is 5.17 Å². The minimum atomic E-state index is 0.0765. The molecule has 2 fully saturated rings. The van der Waals surface area contributed by atoms with Gasteiger partial charge in [-0.25, -0.2) is 0 Å². The number of nitrogens with zero attached hydrogens (tertiary/aromatic N) is 4. The smallest absolute Gasteiger partial charge is 0.160 e. The summed E-state index contributed by atoms with van der Waals surface area (Å²) in [5, 5.41) is 1.21. The first-order chi connectivity index (χ1) is 14.3. The van der Waals surface area contributed by atoms with E-state index in [1.54, 1.807) is 0 Å². The molecule has 2 saturated heterocycles. The van der Waals surface area contributed by atoms with Gasteiger partial charge in [0, 0.05) is 36.8 Å². The molecule has 0 aliphatic carbocycles. The molecule has 0 saturated carbocycles. The Hall–Kier alpha value is -2.01. The maximum Gasteiger partial charge on any atom is 0.160 e. The number of aryl methyl sites for hydroxylation is 1. The highest BCUT2D eigenvalue weighted by Crippen LogP contribution is 2.49. The summed E-state index contributed by atoms with van der Waals surface area (Å²) in [7, 11) is 0. The third-order valence-corrected chi connectivity index (χ3v) is 7.75. The molecule has 0 bridgehead atoms. The van der Waals surface area contributed by atoms with Crippen LogP contribution in [0, 0.1) is 6.92 Å². The van der Waals surface area contributed by atoms with Gasteiger partial charge in [-0.05, 0) is 68.0 Å². The van der Waals surface area contributed by atoms with Crippen LogP contribution in [0.5, 0.6) is 0 Å². The first-order valence-corrected chi connectivity index (χ1v) is 12.0. The molecule has 0 spiro atoms. The molecule has 0 amide bonds. The van der Waals surface area contributed by atoms with Crippen LogP contribution in [-0.2, 0) is 0 Å². The van der Waals surface area contributed by atoms with Gasteiger partial charge in [-0.2, -0.15) is 0 Å². The zero-order valence-electron chi connectivity index (χ0n) is 17.4. The van der Waals surface area contributed by atoms with Gasteiger partial charge >= 0.3 is 0 Å². The fourth-order valence-electron chi connectivity index (χ4n) is 5.03. The summed E-state index contributed by atoms with van der Waals surface area (Å²) < 4.78 is 0. The largest absolute Gasteiger partial charge is 0.372 e. The van der Waals surface area contributed by atoms with Gasteiger partial charge in [0.1, 0.15) is 6.04 Å². The van der Waals surface area contributed by atoms with E-state index >= 15 is 0 Å². The van der Waals surface area contributed by atoms with Crippen LogP contribution < -0.4 is 4.90 Å². The second kappa shape index (κ2) is 8.02. The SMILES string of the molecule is CC[C@H]1CSC2=N[C@H](c3ccccn3)[C@@H](c3ccc(N4CCCCC4)cc3C)N21. The van der Waals surface area contributed by atoms with Crippen LogP contribution in [0.25, 0.3) is 0 Å². The lowest BCUT2D eigenvalue weighted by molar-refractivity contribution is 0.254. The van der Waals surface area contributed by atoms with Gasteiger partial charge in [0.2, 0.25) is 0 Å². The van der Waals surface area contributed by atoms with E-state index in [-0.39, 0.29) is 12.1 Å². The van der Waals surface area contributed by atoms with Crippen molar-refractivity contribution in [1.82, 2.24) is 9.88 Å². The lowest BCUT2D eigenvalue weighted by Crippen LogP contribution is -2.35. The molecular weight excluding hydrogens is 376 g/mol. The molecule has 152 valence electrons. The summed E-state index contributed by atoms with van der Waals surface area (Å²) in [5.74, 6) is 1.14.